The Morgan fingerprint density at radius 3 is 2.48 bits per heavy atom. The Morgan fingerprint density at radius 1 is 0.970 bits per heavy atom. The number of pyridine rings is 1. The Bertz CT molecular complexity index is 1280. The number of hydrogen-bond acceptors (Lipinski definition) is 3. The van der Waals surface area contributed by atoms with Crippen molar-refractivity contribution in [1.29, 1.82) is 0 Å². The fourth-order valence-corrected chi connectivity index (χ4v) is 4.81. The zero-order valence-electron chi connectivity index (χ0n) is 18.1. The number of rotatable bonds is 5. The molecule has 1 amide bonds. The molecule has 4 aromatic rings. The van der Waals surface area contributed by atoms with Gasteiger partial charge in [-0.15, -0.1) is 0 Å². The van der Waals surface area contributed by atoms with Crippen LogP contribution in [0.25, 0.3) is 5.65 Å². The van der Waals surface area contributed by atoms with Gasteiger partial charge in [-0.25, -0.2) is 9.37 Å². The van der Waals surface area contributed by atoms with Crippen molar-refractivity contribution in [3.05, 3.63) is 101 Å². The lowest BCUT2D eigenvalue weighted by atomic mass is 9.91. The molecular weight excluding hydrogens is 439 g/mol. The van der Waals surface area contributed by atoms with Crippen LogP contribution in [0, 0.1) is 5.82 Å². The van der Waals surface area contributed by atoms with Crippen LogP contribution in [0.15, 0.2) is 79.1 Å². The van der Waals surface area contributed by atoms with Gasteiger partial charge in [0.15, 0.2) is 0 Å². The standard InChI is InChI=1S/C26H24ClFN4O/c27-21-8-2-4-10-23(21)30-13-15-31(16-14-30)26(33)17-20(19-7-1-3-9-22(19)28)24-18-29-25-11-5-6-12-32(24)25/h1-12,18,20H,13-17H2. The predicted molar refractivity (Wildman–Crippen MR) is 128 cm³/mol. The molecule has 3 heterocycles. The molecule has 5 rings (SSSR count). The first-order valence-electron chi connectivity index (χ1n) is 11.1. The lowest BCUT2D eigenvalue weighted by molar-refractivity contribution is -0.131. The molecule has 1 fully saturated rings. The summed E-state index contributed by atoms with van der Waals surface area (Å²) in [6.45, 7) is 2.60. The molecule has 2 aromatic carbocycles. The SMILES string of the molecule is O=C(CC(c1ccccc1F)c1cnc2ccccn12)N1CCN(c2ccccc2Cl)CC1. The van der Waals surface area contributed by atoms with Gasteiger partial charge in [-0.2, -0.15) is 0 Å². The largest absolute Gasteiger partial charge is 0.367 e. The molecule has 1 atom stereocenters. The van der Waals surface area contributed by atoms with Crippen LogP contribution >= 0.6 is 11.6 Å². The van der Waals surface area contributed by atoms with Crippen molar-refractivity contribution in [2.45, 2.75) is 12.3 Å². The van der Waals surface area contributed by atoms with Crippen LogP contribution in [0.3, 0.4) is 0 Å². The Kier molecular flexibility index (Phi) is 6.01. The number of amides is 1. The quantitative estimate of drug-likeness (QED) is 0.419. The number of carbonyl (C=O) groups is 1. The summed E-state index contributed by atoms with van der Waals surface area (Å²) in [5.41, 5.74) is 3.07. The zero-order valence-corrected chi connectivity index (χ0v) is 18.8. The third kappa shape index (κ3) is 4.31. The van der Waals surface area contributed by atoms with E-state index in [1.807, 2.05) is 64.0 Å². The molecule has 33 heavy (non-hydrogen) atoms. The fourth-order valence-electron chi connectivity index (χ4n) is 4.55. The molecular formula is C26H24ClFN4O. The molecule has 0 spiro atoms. The maximum atomic E-state index is 14.8. The number of imidazole rings is 1. The number of piperazine rings is 1. The minimum atomic E-state index is -0.433. The predicted octanol–water partition coefficient (Wildman–Crippen LogP) is 5.00. The average molecular weight is 463 g/mol. The van der Waals surface area contributed by atoms with Gasteiger partial charge in [-0.3, -0.25) is 4.79 Å². The van der Waals surface area contributed by atoms with Crippen LogP contribution in [0.2, 0.25) is 5.02 Å². The monoisotopic (exact) mass is 462 g/mol. The summed E-state index contributed by atoms with van der Waals surface area (Å²) in [6.07, 6.45) is 3.82. The van der Waals surface area contributed by atoms with Crippen molar-refractivity contribution in [3.63, 3.8) is 0 Å². The Morgan fingerprint density at radius 2 is 1.70 bits per heavy atom. The molecule has 1 aliphatic heterocycles. The van der Waals surface area contributed by atoms with Gasteiger partial charge in [0.05, 0.1) is 16.4 Å². The molecule has 1 aliphatic rings. The third-order valence-electron chi connectivity index (χ3n) is 6.29. The summed E-state index contributed by atoms with van der Waals surface area (Å²) >= 11 is 6.35. The second kappa shape index (κ2) is 9.24. The molecule has 1 unspecified atom stereocenters. The van der Waals surface area contributed by atoms with Crippen LogP contribution < -0.4 is 4.90 Å². The van der Waals surface area contributed by atoms with Gasteiger partial charge in [0.2, 0.25) is 5.91 Å². The van der Waals surface area contributed by atoms with E-state index in [4.69, 9.17) is 11.6 Å². The van der Waals surface area contributed by atoms with Gasteiger partial charge in [0.1, 0.15) is 11.5 Å². The maximum absolute atomic E-state index is 14.8. The van der Waals surface area contributed by atoms with Crippen LogP contribution in [-0.4, -0.2) is 46.4 Å². The Balaban J connectivity index is 1.37. The van der Waals surface area contributed by atoms with Crippen molar-refractivity contribution in [2.24, 2.45) is 0 Å². The molecule has 0 saturated carbocycles. The summed E-state index contributed by atoms with van der Waals surface area (Å²) in [4.78, 5) is 21.9. The molecule has 0 N–H and O–H groups in total. The van der Waals surface area contributed by atoms with Crippen molar-refractivity contribution < 1.29 is 9.18 Å². The third-order valence-corrected chi connectivity index (χ3v) is 6.61. The van der Waals surface area contributed by atoms with E-state index in [1.165, 1.54) is 6.07 Å². The second-order valence-corrected chi connectivity index (χ2v) is 8.62. The molecule has 2 aromatic heterocycles. The average Bonchev–Trinajstić information content (AvgIpc) is 3.27. The van der Waals surface area contributed by atoms with E-state index in [1.54, 1.807) is 18.3 Å². The second-order valence-electron chi connectivity index (χ2n) is 8.21. The lowest BCUT2D eigenvalue weighted by Gasteiger charge is -2.37. The molecule has 7 heteroatoms. The minimum Gasteiger partial charge on any atom is -0.367 e. The number of carbonyl (C=O) groups excluding carboxylic acids is 1. The number of para-hydroxylation sites is 1. The maximum Gasteiger partial charge on any atom is 0.223 e. The van der Waals surface area contributed by atoms with Gasteiger partial charge in [0.25, 0.3) is 0 Å². The number of hydrogen-bond donors (Lipinski definition) is 0. The van der Waals surface area contributed by atoms with E-state index in [-0.39, 0.29) is 18.1 Å². The molecule has 1 saturated heterocycles. The molecule has 0 aliphatic carbocycles. The van der Waals surface area contributed by atoms with Crippen LogP contribution in [-0.2, 0) is 4.79 Å². The summed E-state index contributed by atoms with van der Waals surface area (Å²) in [5, 5.41) is 0.713. The first-order chi connectivity index (χ1) is 16.1. The summed E-state index contributed by atoms with van der Waals surface area (Å²) in [6, 6.07) is 20.1. The topological polar surface area (TPSA) is 40.9 Å². The number of benzene rings is 2. The number of anilines is 1. The highest BCUT2D eigenvalue weighted by Gasteiger charge is 2.28. The van der Waals surface area contributed by atoms with E-state index in [2.05, 4.69) is 9.88 Å². The van der Waals surface area contributed by atoms with Crippen LogP contribution in [0.4, 0.5) is 10.1 Å². The van der Waals surface area contributed by atoms with Gasteiger partial charge in [-0.1, -0.05) is 48.0 Å². The van der Waals surface area contributed by atoms with Gasteiger partial charge in [-0.05, 0) is 35.9 Å². The molecule has 0 radical (unpaired) electrons. The Labute approximate surface area is 197 Å². The lowest BCUT2D eigenvalue weighted by Crippen LogP contribution is -2.49. The Hall–Kier alpha value is -3.38. The van der Waals surface area contributed by atoms with Crippen molar-refractivity contribution in [2.75, 3.05) is 31.1 Å². The zero-order chi connectivity index (χ0) is 22.8. The normalized spacial score (nSPS) is 15.1. The summed E-state index contributed by atoms with van der Waals surface area (Å²) in [7, 11) is 0. The molecule has 0 bridgehead atoms. The highest BCUT2D eigenvalue weighted by atomic mass is 35.5. The van der Waals surface area contributed by atoms with Crippen LogP contribution in [0.5, 0.6) is 0 Å². The number of halogens is 2. The highest BCUT2D eigenvalue weighted by molar-refractivity contribution is 6.33. The van der Waals surface area contributed by atoms with E-state index in [9.17, 15) is 9.18 Å². The summed E-state index contributed by atoms with van der Waals surface area (Å²) in [5.74, 6) is -0.740. The van der Waals surface area contributed by atoms with E-state index in [0.717, 1.165) is 17.0 Å². The van der Waals surface area contributed by atoms with Crippen LogP contribution in [0.1, 0.15) is 23.6 Å². The van der Waals surface area contributed by atoms with Gasteiger partial charge >= 0.3 is 0 Å². The van der Waals surface area contributed by atoms with E-state index in [0.29, 0.717) is 36.8 Å². The summed E-state index contributed by atoms with van der Waals surface area (Å²) < 4.78 is 16.8. The first-order valence-corrected chi connectivity index (χ1v) is 11.4. The number of fused-ring (bicyclic) bond motifs is 1. The van der Waals surface area contributed by atoms with Gasteiger partial charge < -0.3 is 14.2 Å². The number of aromatic nitrogens is 2. The minimum absolute atomic E-state index is 0.00735. The van der Waals surface area contributed by atoms with Crippen molar-refractivity contribution in [1.82, 2.24) is 14.3 Å². The van der Waals surface area contributed by atoms with E-state index < -0.39 is 5.92 Å². The van der Waals surface area contributed by atoms with E-state index >= 15 is 0 Å². The molecule has 168 valence electrons. The van der Waals surface area contributed by atoms with Crippen molar-refractivity contribution in [3.8, 4) is 0 Å². The fraction of sp³-hybridized carbons (Fsp3) is 0.231. The van der Waals surface area contributed by atoms with Gasteiger partial charge in [0, 0.05) is 50.9 Å². The highest BCUT2D eigenvalue weighted by Crippen LogP contribution is 2.32. The molecule has 5 nitrogen and oxygen atoms in total. The smallest absolute Gasteiger partial charge is 0.223 e. The number of nitrogens with zero attached hydrogens (tertiary/aromatic N) is 4. The first kappa shape index (κ1) is 21.5. The van der Waals surface area contributed by atoms with Crippen molar-refractivity contribution >= 4 is 28.8 Å².